The van der Waals surface area contributed by atoms with Crippen LogP contribution in [-0.2, 0) is 0 Å². The van der Waals surface area contributed by atoms with Crippen LogP contribution in [0.2, 0.25) is 0 Å². The zero-order valence-electron chi connectivity index (χ0n) is 12.5. The minimum Gasteiger partial charge on any atom is -0.358 e. The van der Waals surface area contributed by atoms with Crippen LogP contribution in [0.25, 0.3) is 10.2 Å². The quantitative estimate of drug-likeness (QED) is 0.817. The van der Waals surface area contributed by atoms with Crippen LogP contribution in [0, 0.1) is 12.8 Å². The molecule has 20 heavy (non-hydrogen) atoms. The molecule has 1 heterocycles. The molecule has 3 heteroatoms. The Balaban J connectivity index is 1.76. The van der Waals surface area contributed by atoms with Gasteiger partial charge in [0.2, 0.25) is 0 Å². The van der Waals surface area contributed by atoms with Crippen LogP contribution in [-0.4, -0.2) is 11.0 Å². The topological polar surface area (TPSA) is 24.9 Å². The highest BCUT2D eigenvalue weighted by molar-refractivity contribution is 7.22. The van der Waals surface area contributed by atoms with Crippen molar-refractivity contribution in [2.75, 3.05) is 5.32 Å². The second-order valence-electron chi connectivity index (χ2n) is 6.05. The van der Waals surface area contributed by atoms with Gasteiger partial charge in [-0.15, -0.1) is 0 Å². The van der Waals surface area contributed by atoms with E-state index in [1.165, 1.54) is 48.8 Å². The van der Waals surface area contributed by atoms with E-state index in [1.807, 2.05) is 0 Å². The Hall–Kier alpha value is -1.09. The zero-order valence-corrected chi connectivity index (χ0v) is 13.3. The molecule has 1 aromatic carbocycles. The van der Waals surface area contributed by atoms with Crippen molar-refractivity contribution in [1.82, 2.24) is 4.98 Å². The van der Waals surface area contributed by atoms with Gasteiger partial charge in [-0.05, 0) is 49.8 Å². The van der Waals surface area contributed by atoms with E-state index in [2.05, 4.69) is 37.4 Å². The van der Waals surface area contributed by atoms with Crippen LogP contribution in [0.15, 0.2) is 18.2 Å². The molecule has 1 aromatic heterocycles. The second-order valence-corrected chi connectivity index (χ2v) is 7.08. The Morgan fingerprint density at radius 2 is 2.10 bits per heavy atom. The number of nitrogens with zero attached hydrogens (tertiary/aromatic N) is 1. The van der Waals surface area contributed by atoms with Crippen molar-refractivity contribution < 1.29 is 0 Å². The van der Waals surface area contributed by atoms with Gasteiger partial charge in [0.05, 0.1) is 10.2 Å². The first-order valence-electron chi connectivity index (χ1n) is 7.90. The summed E-state index contributed by atoms with van der Waals surface area (Å²) in [5, 5.41) is 4.81. The van der Waals surface area contributed by atoms with Gasteiger partial charge in [0, 0.05) is 6.04 Å². The van der Waals surface area contributed by atoms with Crippen molar-refractivity contribution in [2.24, 2.45) is 5.92 Å². The maximum absolute atomic E-state index is 4.74. The van der Waals surface area contributed by atoms with Crippen LogP contribution in [0.1, 0.15) is 51.0 Å². The molecule has 1 aliphatic carbocycles. The molecule has 0 radical (unpaired) electrons. The lowest BCUT2D eigenvalue weighted by Crippen LogP contribution is -2.29. The lowest BCUT2D eigenvalue weighted by Gasteiger charge is -2.30. The van der Waals surface area contributed by atoms with Crippen LogP contribution >= 0.6 is 11.3 Å². The van der Waals surface area contributed by atoms with Crippen LogP contribution < -0.4 is 5.32 Å². The van der Waals surface area contributed by atoms with E-state index in [1.54, 1.807) is 11.3 Å². The summed E-state index contributed by atoms with van der Waals surface area (Å²) in [5.74, 6) is 0.836. The van der Waals surface area contributed by atoms with E-state index < -0.39 is 0 Å². The highest BCUT2D eigenvalue weighted by atomic mass is 32.1. The van der Waals surface area contributed by atoms with Crippen molar-refractivity contribution in [2.45, 2.75) is 58.4 Å². The summed E-state index contributed by atoms with van der Waals surface area (Å²) in [6, 6.07) is 7.11. The van der Waals surface area contributed by atoms with Gasteiger partial charge in [-0.25, -0.2) is 4.98 Å². The van der Waals surface area contributed by atoms with Gasteiger partial charge < -0.3 is 5.32 Å². The van der Waals surface area contributed by atoms with Gasteiger partial charge in [0.1, 0.15) is 0 Å². The minimum atomic E-state index is 0.594. The molecule has 0 bridgehead atoms. The Morgan fingerprint density at radius 1 is 1.30 bits per heavy atom. The molecule has 1 fully saturated rings. The highest BCUT2D eigenvalue weighted by Gasteiger charge is 2.22. The van der Waals surface area contributed by atoms with E-state index >= 15 is 0 Å². The number of aromatic nitrogens is 1. The largest absolute Gasteiger partial charge is 0.358 e. The molecule has 108 valence electrons. The molecule has 1 N–H and O–H groups in total. The number of fused-ring (bicyclic) bond motifs is 1. The van der Waals surface area contributed by atoms with E-state index in [0.29, 0.717) is 6.04 Å². The fraction of sp³-hybridized carbons (Fsp3) is 0.588. The molecule has 2 aromatic rings. The predicted octanol–water partition coefficient (Wildman–Crippen LogP) is 5.38. The van der Waals surface area contributed by atoms with Crippen LogP contribution in [0.3, 0.4) is 0 Å². The van der Waals surface area contributed by atoms with Gasteiger partial charge in [-0.1, -0.05) is 43.6 Å². The highest BCUT2D eigenvalue weighted by Crippen LogP contribution is 2.32. The summed E-state index contributed by atoms with van der Waals surface area (Å²) < 4.78 is 1.30. The van der Waals surface area contributed by atoms with Gasteiger partial charge in [0.25, 0.3) is 0 Å². The molecular weight excluding hydrogens is 264 g/mol. The van der Waals surface area contributed by atoms with Crippen molar-refractivity contribution in [3.8, 4) is 0 Å². The summed E-state index contributed by atoms with van der Waals surface area (Å²) in [6.07, 6.45) is 8.20. The maximum atomic E-state index is 4.74. The van der Waals surface area contributed by atoms with Crippen molar-refractivity contribution in [3.05, 3.63) is 23.8 Å². The summed E-state index contributed by atoms with van der Waals surface area (Å²) in [4.78, 5) is 4.74. The summed E-state index contributed by atoms with van der Waals surface area (Å²) in [6.45, 7) is 4.44. The smallest absolute Gasteiger partial charge is 0.184 e. The summed E-state index contributed by atoms with van der Waals surface area (Å²) in [7, 11) is 0. The Morgan fingerprint density at radius 3 is 2.85 bits per heavy atom. The Bertz CT molecular complexity index is 569. The monoisotopic (exact) mass is 288 g/mol. The van der Waals surface area contributed by atoms with Crippen LogP contribution in [0.5, 0.6) is 0 Å². The zero-order chi connectivity index (χ0) is 13.9. The van der Waals surface area contributed by atoms with Gasteiger partial charge >= 0.3 is 0 Å². The van der Waals surface area contributed by atoms with Gasteiger partial charge in [0.15, 0.2) is 5.13 Å². The molecule has 1 atom stereocenters. The first-order chi connectivity index (χ1) is 9.76. The predicted molar refractivity (Wildman–Crippen MR) is 88.6 cm³/mol. The van der Waals surface area contributed by atoms with E-state index in [4.69, 9.17) is 4.98 Å². The second kappa shape index (κ2) is 6.13. The minimum absolute atomic E-state index is 0.594. The van der Waals surface area contributed by atoms with Crippen molar-refractivity contribution in [3.63, 3.8) is 0 Å². The third kappa shape index (κ3) is 2.98. The molecule has 2 nitrogen and oxygen atoms in total. The standard InChI is InChI=1S/C17H24N2S/c1-3-14(13-7-5-4-6-8-13)18-17-19-15-10-9-12(2)11-16(15)20-17/h9-11,13-14H,3-8H2,1-2H3,(H,18,19). The lowest BCUT2D eigenvalue weighted by atomic mass is 9.83. The number of nitrogens with one attached hydrogen (secondary N) is 1. The van der Waals surface area contributed by atoms with Crippen molar-refractivity contribution in [1.29, 1.82) is 0 Å². The SMILES string of the molecule is CCC(Nc1nc2ccc(C)cc2s1)C1CCCCC1. The number of hydrogen-bond donors (Lipinski definition) is 1. The third-order valence-electron chi connectivity index (χ3n) is 4.51. The van der Waals surface area contributed by atoms with E-state index in [-0.39, 0.29) is 0 Å². The molecule has 3 rings (SSSR count). The summed E-state index contributed by atoms with van der Waals surface area (Å²) in [5.41, 5.74) is 2.44. The summed E-state index contributed by atoms with van der Waals surface area (Å²) >= 11 is 1.80. The number of hydrogen-bond acceptors (Lipinski definition) is 3. The average Bonchev–Trinajstić information content (AvgIpc) is 2.87. The first-order valence-corrected chi connectivity index (χ1v) is 8.71. The maximum Gasteiger partial charge on any atom is 0.184 e. The molecule has 0 aliphatic heterocycles. The molecule has 0 saturated heterocycles. The van der Waals surface area contributed by atoms with E-state index in [9.17, 15) is 0 Å². The molecule has 1 unspecified atom stereocenters. The number of rotatable bonds is 4. The molecular formula is C17H24N2S. The number of anilines is 1. The molecule has 1 aliphatic rings. The lowest BCUT2D eigenvalue weighted by molar-refractivity contribution is 0.313. The van der Waals surface area contributed by atoms with Crippen LogP contribution in [0.4, 0.5) is 5.13 Å². The third-order valence-corrected chi connectivity index (χ3v) is 5.46. The normalized spacial score (nSPS) is 18.3. The number of aryl methyl sites for hydroxylation is 1. The van der Waals surface area contributed by atoms with Crippen molar-refractivity contribution >= 4 is 26.7 Å². The fourth-order valence-electron chi connectivity index (χ4n) is 3.34. The molecule has 0 amide bonds. The number of thiazole rings is 1. The average molecular weight is 288 g/mol. The Kier molecular flexibility index (Phi) is 4.25. The fourth-order valence-corrected chi connectivity index (χ4v) is 4.37. The Labute approximate surface area is 125 Å². The molecule has 0 spiro atoms. The first kappa shape index (κ1) is 13.9. The number of benzene rings is 1. The van der Waals surface area contributed by atoms with Gasteiger partial charge in [-0.3, -0.25) is 0 Å². The van der Waals surface area contributed by atoms with E-state index in [0.717, 1.165) is 16.6 Å². The van der Waals surface area contributed by atoms with Gasteiger partial charge in [-0.2, -0.15) is 0 Å². The molecule has 1 saturated carbocycles.